The number of aromatic amines is 1. The SMILES string of the molecule is CCc1cc(=S)n(Cc2cccc(F)c2)[nH]1. The van der Waals surface area contributed by atoms with E-state index in [9.17, 15) is 4.39 Å². The molecule has 0 fully saturated rings. The maximum atomic E-state index is 13.0. The van der Waals surface area contributed by atoms with Crippen LogP contribution in [-0.4, -0.2) is 9.78 Å². The summed E-state index contributed by atoms with van der Waals surface area (Å²) in [5, 5.41) is 3.19. The summed E-state index contributed by atoms with van der Waals surface area (Å²) < 4.78 is 15.6. The van der Waals surface area contributed by atoms with Crippen molar-refractivity contribution in [1.82, 2.24) is 9.78 Å². The van der Waals surface area contributed by atoms with E-state index in [0.717, 1.165) is 22.3 Å². The molecule has 1 heterocycles. The molecule has 2 rings (SSSR count). The highest BCUT2D eigenvalue weighted by Crippen LogP contribution is 2.07. The van der Waals surface area contributed by atoms with E-state index < -0.39 is 0 Å². The van der Waals surface area contributed by atoms with E-state index in [1.807, 2.05) is 16.8 Å². The largest absolute Gasteiger partial charge is 0.301 e. The Bertz CT molecular complexity index is 542. The third-order valence-electron chi connectivity index (χ3n) is 2.45. The minimum atomic E-state index is -0.216. The Morgan fingerprint density at radius 2 is 2.19 bits per heavy atom. The zero-order chi connectivity index (χ0) is 11.5. The van der Waals surface area contributed by atoms with Crippen molar-refractivity contribution in [3.05, 3.63) is 52.0 Å². The van der Waals surface area contributed by atoms with Gasteiger partial charge in [-0.2, -0.15) is 0 Å². The predicted molar refractivity (Wildman–Crippen MR) is 64.5 cm³/mol. The quantitative estimate of drug-likeness (QED) is 0.811. The molecule has 0 spiro atoms. The summed E-state index contributed by atoms with van der Waals surface area (Å²) in [5.41, 5.74) is 2.00. The van der Waals surface area contributed by atoms with Crippen LogP contribution in [0.25, 0.3) is 0 Å². The Kier molecular flexibility index (Phi) is 3.19. The van der Waals surface area contributed by atoms with Crippen molar-refractivity contribution in [3.63, 3.8) is 0 Å². The van der Waals surface area contributed by atoms with Crippen molar-refractivity contribution in [2.45, 2.75) is 19.9 Å². The minimum absolute atomic E-state index is 0.216. The highest BCUT2D eigenvalue weighted by Gasteiger charge is 2.00. The number of benzene rings is 1. The second-order valence-electron chi connectivity index (χ2n) is 3.69. The molecule has 0 saturated heterocycles. The Morgan fingerprint density at radius 3 is 2.81 bits per heavy atom. The van der Waals surface area contributed by atoms with Crippen molar-refractivity contribution < 1.29 is 4.39 Å². The molecule has 16 heavy (non-hydrogen) atoms. The van der Waals surface area contributed by atoms with Gasteiger partial charge in [0.1, 0.15) is 10.5 Å². The van der Waals surface area contributed by atoms with E-state index in [1.165, 1.54) is 12.1 Å². The van der Waals surface area contributed by atoms with Gasteiger partial charge in [0.15, 0.2) is 0 Å². The molecule has 0 radical (unpaired) electrons. The molecule has 0 aliphatic heterocycles. The molecule has 0 aliphatic rings. The fourth-order valence-electron chi connectivity index (χ4n) is 1.60. The number of aryl methyl sites for hydroxylation is 1. The molecule has 0 aliphatic carbocycles. The van der Waals surface area contributed by atoms with Crippen LogP contribution in [0.3, 0.4) is 0 Å². The first-order valence-corrected chi connectivity index (χ1v) is 5.63. The molecule has 0 amide bonds. The summed E-state index contributed by atoms with van der Waals surface area (Å²) in [4.78, 5) is 0. The fraction of sp³-hybridized carbons (Fsp3) is 0.250. The fourth-order valence-corrected chi connectivity index (χ4v) is 1.86. The topological polar surface area (TPSA) is 20.7 Å². The van der Waals surface area contributed by atoms with Gasteiger partial charge in [0.05, 0.1) is 6.54 Å². The van der Waals surface area contributed by atoms with Gasteiger partial charge in [0.2, 0.25) is 0 Å². The molecular formula is C12H13FN2S. The normalized spacial score (nSPS) is 10.6. The summed E-state index contributed by atoms with van der Waals surface area (Å²) in [5.74, 6) is -0.216. The average molecular weight is 236 g/mol. The molecule has 1 aromatic carbocycles. The van der Waals surface area contributed by atoms with E-state index in [4.69, 9.17) is 12.2 Å². The van der Waals surface area contributed by atoms with Crippen LogP contribution in [0.4, 0.5) is 4.39 Å². The number of rotatable bonds is 3. The van der Waals surface area contributed by atoms with Gasteiger partial charge in [-0.25, -0.2) is 4.39 Å². The van der Waals surface area contributed by atoms with Crippen LogP contribution < -0.4 is 0 Å². The first-order valence-electron chi connectivity index (χ1n) is 5.22. The molecule has 4 heteroatoms. The summed E-state index contributed by atoms with van der Waals surface area (Å²) in [6.07, 6.45) is 0.916. The van der Waals surface area contributed by atoms with E-state index in [-0.39, 0.29) is 5.82 Å². The Morgan fingerprint density at radius 1 is 1.38 bits per heavy atom. The molecule has 84 valence electrons. The highest BCUT2D eigenvalue weighted by atomic mass is 32.1. The third kappa shape index (κ3) is 2.39. The van der Waals surface area contributed by atoms with Crippen molar-refractivity contribution in [1.29, 1.82) is 0 Å². The number of nitrogens with one attached hydrogen (secondary N) is 1. The number of halogens is 1. The minimum Gasteiger partial charge on any atom is -0.301 e. The van der Waals surface area contributed by atoms with Gasteiger partial charge >= 0.3 is 0 Å². The highest BCUT2D eigenvalue weighted by molar-refractivity contribution is 7.71. The zero-order valence-corrected chi connectivity index (χ0v) is 9.85. The number of H-pyrrole nitrogens is 1. The standard InChI is InChI=1S/C12H13FN2S/c1-2-11-7-12(16)15(14-11)8-9-4-3-5-10(13)6-9/h3-7,14H,2,8H2,1H3. The predicted octanol–water partition coefficient (Wildman–Crippen LogP) is 3.30. The van der Waals surface area contributed by atoms with Gasteiger partial charge in [0.25, 0.3) is 0 Å². The summed E-state index contributed by atoms with van der Waals surface area (Å²) in [6, 6.07) is 8.49. The molecule has 2 nitrogen and oxygen atoms in total. The first-order chi connectivity index (χ1) is 7.69. The van der Waals surface area contributed by atoms with Crippen molar-refractivity contribution >= 4 is 12.2 Å². The second kappa shape index (κ2) is 4.61. The Hall–Kier alpha value is -1.42. The number of hydrogen-bond donors (Lipinski definition) is 1. The lowest BCUT2D eigenvalue weighted by atomic mass is 10.2. The van der Waals surface area contributed by atoms with E-state index in [0.29, 0.717) is 6.54 Å². The average Bonchev–Trinajstić information content (AvgIpc) is 2.60. The van der Waals surface area contributed by atoms with Gasteiger partial charge in [-0.05, 0) is 30.2 Å². The van der Waals surface area contributed by atoms with Crippen LogP contribution >= 0.6 is 12.2 Å². The molecule has 0 saturated carbocycles. The monoisotopic (exact) mass is 236 g/mol. The summed E-state index contributed by atoms with van der Waals surface area (Å²) in [6.45, 7) is 2.64. The van der Waals surface area contributed by atoms with Crippen molar-refractivity contribution in [3.8, 4) is 0 Å². The maximum Gasteiger partial charge on any atom is 0.123 e. The van der Waals surface area contributed by atoms with Gasteiger partial charge in [-0.1, -0.05) is 31.3 Å². The Labute approximate surface area is 98.7 Å². The smallest absolute Gasteiger partial charge is 0.123 e. The van der Waals surface area contributed by atoms with Crippen LogP contribution in [0, 0.1) is 10.5 Å². The molecule has 0 bridgehead atoms. The lowest BCUT2D eigenvalue weighted by Gasteiger charge is -2.03. The van der Waals surface area contributed by atoms with Gasteiger partial charge in [-0.3, -0.25) is 4.68 Å². The van der Waals surface area contributed by atoms with Crippen molar-refractivity contribution in [2.75, 3.05) is 0 Å². The van der Waals surface area contributed by atoms with Crippen LogP contribution in [0.2, 0.25) is 0 Å². The molecule has 1 N–H and O–H groups in total. The second-order valence-corrected chi connectivity index (χ2v) is 4.11. The summed E-state index contributed by atoms with van der Waals surface area (Å²) in [7, 11) is 0. The van der Waals surface area contributed by atoms with E-state index >= 15 is 0 Å². The lowest BCUT2D eigenvalue weighted by molar-refractivity contribution is 0.617. The van der Waals surface area contributed by atoms with E-state index in [2.05, 4.69) is 12.0 Å². The number of aromatic nitrogens is 2. The zero-order valence-electron chi connectivity index (χ0n) is 9.03. The van der Waals surface area contributed by atoms with Gasteiger partial charge in [-0.15, -0.1) is 0 Å². The van der Waals surface area contributed by atoms with Crippen molar-refractivity contribution in [2.24, 2.45) is 0 Å². The Balaban J connectivity index is 2.26. The van der Waals surface area contributed by atoms with Crippen LogP contribution in [0.15, 0.2) is 30.3 Å². The van der Waals surface area contributed by atoms with Crippen LogP contribution in [-0.2, 0) is 13.0 Å². The maximum absolute atomic E-state index is 13.0. The third-order valence-corrected chi connectivity index (χ3v) is 2.79. The van der Waals surface area contributed by atoms with Gasteiger partial charge < -0.3 is 5.10 Å². The number of nitrogens with zero attached hydrogens (tertiary/aromatic N) is 1. The first kappa shape index (κ1) is 11.1. The lowest BCUT2D eigenvalue weighted by Crippen LogP contribution is -2.02. The molecular weight excluding hydrogens is 223 g/mol. The van der Waals surface area contributed by atoms with E-state index in [1.54, 1.807) is 6.07 Å². The van der Waals surface area contributed by atoms with Crippen LogP contribution in [0.1, 0.15) is 18.2 Å². The summed E-state index contributed by atoms with van der Waals surface area (Å²) >= 11 is 5.21. The van der Waals surface area contributed by atoms with Crippen LogP contribution in [0.5, 0.6) is 0 Å². The molecule has 2 aromatic rings. The molecule has 1 aromatic heterocycles. The number of hydrogen-bond acceptors (Lipinski definition) is 1. The molecule has 0 atom stereocenters. The molecule has 0 unspecified atom stereocenters. The van der Waals surface area contributed by atoms with Gasteiger partial charge in [0, 0.05) is 5.69 Å².